The third-order valence-electron chi connectivity index (χ3n) is 3.50. The number of azo groups is 1. The van der Waals surface area contributed by atoms with Gasteiger partial charge in [-0.2, -0.15) is 10.2 Å². The van der Waals surface area contributed by atoms with Crippen molar-refractivity contribution in [1.82, 2.24) is 0 Å². The average molecular weight is 287 g/mol. The first kappa shape index (κ1) is 15.2. The van der Waals surface area contributed by atoms with Crippen molar-refractivity contribution in [1.29, 1.82) is 0 Å². The first-order chi connectivity index (χ1) is 10.2. The highest BCUT2D eigenvalue weighted by Crippen LogP contribution is 2.20. The number of hydrogen-bond donors (Lipinski definition) is 2. The number of primary amides is 1. The summed E-state index contributed by atoms with van der Waals surface area (Å²) in [6.45, 7) is 0. The number of hydrogen-bond acceptors (Lipinski definition) is 4. The Balaban J connectivity index is 2.09. The van der Waals surface area contributed by atoms with E-state index in [9.17, 15) is 4.79 Å². The Kier molecular flexibility index (Phi) is 5.43. The zero-order valence-corrected chi connectivity index (χ0v) is 12.0. The first-order valence-electron chi connectivity index (χ1n) is 7.25. The fraction of sp³-hybridized carbons (Fsp3) is 0.467. The van der Waals surface area contributed by atoms with Crippen molar-refractivity contribution in [3.8, 4) is 0 Å². The van der Waals surface area contributed by atoms with Crippen molar-refractivity contribution in [2.75, 3.05) is 0 Å². The Morgan fingerprint density at radius 2 is 1.76 bits per heavy atom. The second kappa shape index (κ2) is 7.52. The third kappa shape index (κ3) is 4.66. The number of nitrogens with two attached hydrogens (primary N) is 2. The minimum Gasteiger partial charge on any atom is -0.385 e. The Morgan fingerprint density at radius 3 is 2.38 bits per heavy atom. The molecule has 1 fully saturated rings. The first-order valence-corrected chi connectivity index (χ1v) is 7.25. The molecule has 0 aliphatic heterocycles. The van der Waals surface area contributed by atoms with Crippen LogP contribution in [0.5, 0.6) is 0 Å². The van der Waals surface area contributed by atoms with Gasteiger partial charge in [-0.3, -0.25) is 9.79 Å². The van der Waals surface area contributed by atoms with E-state index in [2.05, 4.69) is 15.2 Å². The minimum absolute atomic E-state index is 0.161. The summed E-state index contributed by atoms with van der Waals surface area (Å²) in [6, 6.07) is 8.31. The van der Waals surface area contributed by atoms with Gasteiger partial charge in [-0.15, -0.1) is 0 Å². The smallest absolute Gasteiger partial charge is 0.251 e. The predicted octanol–water partition coefficient (Wildman–Crippen LogP) is 2.31. The molecule has 1 unspecified atom stereocenters. The molecular formula is C15H21N5O. The molecule has 1 atom stereocenters. The molecule has 1 saturated carbocycles. The monoisotopic (exact) mass is 287 g/mol. The van der Waals surface area contributed by atoms with Crippen molar-refractivity contribution >= 4 is 17.4 Å². The van der Waals surface area contributed by atoms with Gasteiger partial charge in [0.15, 0.2) is 0 Å². The lowest BCUT2D eigenvalue weighted by molar-refractivity contribution is -0.117. The average Bonchev–Trinajstić information content (AvgIpc) is 2.49. The Morgan fingerprint density at radius 1 is 1.10 bits per heavy atom. The second-order valence-electron chi connectivity index (χ2n) is 5.20. The van der Waals surface area contributed by atoms with Gasteiger partial charge < -0.3 is 11.5 Å². The minimum atomic E-state index is -0.993. The van der Waals surface area contributed by atoms with E-state index >= 15 is 0 Å². The van der Waals surface area contributed by atoms with Crippen LogP contribution in [-0.4, -0.2) is 23.8 Å². The van der Waals surface area contributed by atoms with E-state index in [1.807, 2.05) is 18.2 Å². The molecule has 1 aliphatic carbocycles. The van der Waals surface area contributed by atoms with Crippen LogP contribution in [0, 0.1) is 0 Å². The molecule has 1 aliphatic rings. The van der Waals surface area contributed by atoms with Crippen molar-refractivity contribution in [2.45, 2.75) is 44.2 Å². The molecule has 21 heavy (non-hydrogen) atoms. The summed E-state index contributed by atoms with van der Waals surface area (Å²) in [4.78, 5) is 15.9. The normalized spacial score (nSPS) is 18.8. The zero-order chi connectivity index (χ0) is 15.1. The Bertz CT molecular complexity index is 520. The van der Waals surface area contributed by atoms with Gasteiger partial charge >= 0.3 is 0 Å². The summed E-state index contributed by atoms with van der Waals surface area (Å²) in [7, 11) is 0. The van der Waals surface area contributed by atoms with E-state index in [4.69, 9.17) is 11.5 Å². The standard InChI is InChI=1S/C15H21N5O/c16-14(18-11-7-3-1-4-8-11)13(15(17)21)20-19-12-9-5-2-6-10-12/h2,5-6,9-11,13H,1,3-4,7-8H2,(H2,16,18)(H2,17,21). The van der Waals surface area contributed by atoms with Crippen LogP contribution in [0.2, 0.25) is 0 Å². The van der Waals surface area contributed by atoms with Crippen LogP contribution in [0.25, 0.3) is 0 Å². The molecule has 0 radical (unpaired) electrons. The topological polar surface area (TPSA) is 106 Å². The maximum Gasteiger partial charge on any atom is 0.251 e. The van der Waals surface area contributed by atoms with Crippen molar-refractivity contribution in [3.05, 3.63) is 30.3 Å². The third-order valence-corrected chi connectivity index (χ3v) is 3.50. The molecule has 4 N–H and O–H groups in total. The Labute approximate surface area is 124 Å². The predicted molar refractivity (Wildman–Crippen MR) is 82.4 cm³/mol. The highest BCUT2D eigenvalue weighted by Gasteiger charge is 2.21. The van der Waals surface area contributed by atoms with Crippen LogP contribution < -0.4 is 11.5 Å². The molecule has 6 heteroatoms. The highest BCUT2D eigenvalue weighted by atomic mass is 16.1. The van der Waals surface area contributed by atoms with E-state index in [0.29, 0.717) is 5.69 Å². The zero-order valence-electron chi connectivity index (χ0n) is 12.0. The van der Waals surface area contributed by atoms with Gasteiger partial charge in [0, 0.05) is 0 Å². The molecule has 1 aromatic rings. The molecule has 1 amide bonds. The summed E-state index contributed by atoms with van der Waals surface area (Å²) >= 11 is 0. The van der Waals surface area contributed by atoms with Crippen LogP contribution >= 0.6 is 0 Å². The number of amides is 1. The van der Waals surface area contributed by atoms with Gasteiger partial charge in [0.1, 0.15) is 5.84 Å². The molecule has 0 saturated heterocycles. The van der Waals surface area contributed by atoms with E-state index in [1.165, 1.54) is 6.42 Å². The van der Waals surface area contributed by atoms with Crippen LogP contribution in [0.15, 0.2) is 45.6 Å². The van der Waals surface area contributed by atoms with Crippen LogP contribution in [0.4, 0.5) is 5.69 Å². The number of rotatable bonds is 5. The number of carbonyl (C=O) groups is 1. The maximum absolute atomic E-state index is 11.5. The summed E-state index contributed by atoms with van der Waals surface area (Å²) in [6.07, 6.45) is 5.53. The van der Waals surface area contributed by atoms with Gasteiger partial charge in [-0.25, -0.2) is 0 Å². The van der Waals surface area contributed by atoms with E-state index < -0.39 is 11.9 Å². The summed E-state index contributed by atoms with van der Waals surface area (Å²) in [5.74, 6) is -0.471. The maximum atomic E-state index is 11.5. The fourth-order valence-corrected chi connectivity index (χ4v) is 2.37. The van der Waals surface area contributed by atoms with Gasteiger partial charge in [-0.1, -0.05) is 37.5 Å². The Hall–Kier alpha value is -2.24. The molecule has 112 valence electrons. The van der Waals surface area contributed by atoms with Crippen molar-refractivity contribution in [3.63, 3.8) is 0 Å². The quantitative estimate of drug-likeness (QED) is 0.492. The van der Waals surface area contributed by atoms with Gasteiger partial charge in [0.05, 0.1) is 11.7 Å². The largest absolute Gasteiger partial charge is 0.385 e. The van der Waals surface area contributed by atoms with Crippen molar-refractivity contribution < 1.29 is 4.79 Å². The molecular weight excluding hydrogens is 266 g/mol. The molecule has 0 bridgehead atoms. The van der Waals surface area contributed by atoms with E-state index in [1.54, 1.807) is 12.1 Å². The second-order valence-corrected chi connectivity index (χ2v) is 5.20. The molecule has 0 heterocycles. The summed E-state index contributed by atoms with van der Waals surface area (Å²) < 4.78 is 0. The van der Waals surface area contributed by atoms with E-state index in [-0.39, 0.29) is 11.9 Å². The van der Waals surface area contributed by atoms with Gasteiger partial charge in [-0.05, 0) is 25.0 Å². The number of carbonyl (C=O) groups excluding carboxylic acids is 1. The number of benzene rings is 1. The van der Waals surface area contributed by atoms with E-state index in [0.717, 1.165) is 25.7 Å². The molecule has 0 spiro atoms. The molecule has 1 aromatic carbocycles. The van der Waals surface area contributed by atoms with Crippen molar-refractivity contribution in [2.24, 2.45) is 26.7 Å². The van der Waals surface area contributed by atoms with Gasteiger partial charge in [0.2, 0.25) is 6.04 Å². The number of amidine groups is 1. The number of aliphatic imine (C=N–C) groups is 1. The molecule has 6 nitrogen and oxygen atoms in total. The fourth-order valence-electron chi connectivity index (χ4n) is 2.37. The van der Waals surface area contributed by atoms with Crippen LogP contribution in [-0.2, 0) is 4.79 Å². The summed E-state index contributed by atoms with van der Waals surface area (Å²) in [5.41, 5.74) is 11.9. The highest BCUT2D eigenvalue weighted by molar-refractivity contribution is 6.05. The summed E-state index contributed by atoms with van der Waals surface area (Å²) in [5, 5.41) is 7.96. The lowest BCUT2D eigenvalue weighted by Gasteiger charge is -2.19. The molecule has 0 aromatic heterocycles. The lowest BCUT2D eigenvalue weighted by atomic mass is 9.96. The number of nitrogens with zero attached hydrogens (tertiary/aromatic N) is 3. The van der Waals surface area contributed by atoms with Crippen LogP contribution in [0.1, 0.15) is 32.1 Å². The SMILES string of the molecule is NC(=O)C(N=Nc1ccccc1)C(N)=NC1CCCCC1. The lowest BCUT2D eigenvalue weighted by Crippen LogP contribution is -2.39. The molecule has 2 rings (SSSR count). The van der Waals surface area contributed by atoms with Crippen LogP contribution in [0.3, 0.4) is 0 Å². The van der Waals surface area contributed by atoms with Gasteiger partial charge in [0.25, 0.3) is 5.91 Å².